The Morgan fingerprint density at radius 3 is 2.20 bits per heavy atom. The highest BCUT2D eigenvalue weighted by atomic mass is 79.9. The molecule has 92 valence electrons. The first kappa shape index (κ1) is 15.4. The van der Waals surface area contributed by atoms with Crippen LogP contribution in [-0.2, 0) is 9.84 Å². The lowest BCUT2D eigenvalue weighted by Crippen LogP contribution is -2.34. The largest absolute Gasteiger partial charge is 0.316 e. The van der Waals surface area contributed by atoms with Crippen LogP contribution in [0.4, 0.5) is 0 Å². The Bertz CT molecular complexity index is 257. The van der Waals surface area contributed by atoms with Gasteiger partial charge in [0.15, 0.2) is 9.84 Å². The summed E-state index contributed by atoms with van der Waals surface area (Å²) in [7, 11) is -2.96. The van der Waals surface area contributed by atoms with Crippen molar-refractivity contribution in [2.75, 3.05) is 24.2 Å². The van der Waals surface area contributed by atoms with Crippen LogP contribution in [0, 0.1) is 0 Å². The van der Waals surface area contributed by atoms with Gasteiger partial charge in [-0.25, -0.2) is 8.42 Å². The van der Waals surface area contributed by atoms with E-state index in [9.17, 15) is 8.42 Å². The first-order valence-corrected chi connectivity index (χ1v) is 8.07. The van der Waals surface area contributed by atoms with Crippen LogP contribution in [0.15, 0.2) is 0 Å². The molecule has 0 radical (unpaired) electrons. The van der Waals surface area contributed by atoms with Crippen LogP contribution in [0.25, 0.3) is 0 Å². The molecule has 0 aliphatic rings. The number of rotatable bonds is 7. The average Bonchev–Trinajstić information content (AvgIpc) is 2.09. The second-order valence-corrected chi connectivity index (χ2v) is 8.23. The summed E-state index contributed by atoms with van der Waals surface area (Å²) in [6.07, 6.45) is 2.21. The van der Waals surface area contributed by atoms with E-state index in [2.05, 4.69) is 21.2 Å². The van der Waals surface area contributed by atoms with E-state index in [1.165, 1.54) is 0 Å². The van der Waals surface area contributed by atoms with Gasteiger partial charge in [-0.1, -0.05) is 15.9 Å². The summed E-state index contributed by atoms with van der Waals surface area (Å²) in [5.41, 5.74) is 0. The molecule has 1 N–H and O–H groups in total. The quantitative estimate of drug-likeness (QED) is 0.577. The number of unbranched alkanes of at least 4 members (excludes halogenated alkanes) is 1. The molecule has 3 nitrogen and oxygen atoms in total. The molecule has 0 aromatic rings. The predicted octanol–water partition coefficient (Wildman–Crippen LogP) is 1.96. The third-order valence-corrected chi connectivity index (χ3v) is 5.39. The average molecular weight is 300 g/mol. The third kappa shape index (κ3) is 6.53. The Balaban J connectivity index is 3.69. The molecule has 0 aliphatic heterocycles. The number of nitrogens with one attached hydrogen (secondary N) is 1. The molecule has 0 saturated heterocycles. The van der Waals surface area contributed by atoms with E-state index >= 15 is 0 Å². The lowest BCUT2D eigenvalue weighted by molar-refractivity contribution is 0.555. The van der Waals surface area contributed by atoms with Crippen molar-refractivity contribution in [1.29, 1.82) is 0 Å². The van der Waals surface area contributed by atoms with Crippen molar-refractivity contribution in [1.82, 2.24) is 5.32 Å². The highest BCUT2D eigenvalue weighted by Crippen LogP contribution is 2.15. The minimum atomic E-state index is -2.96. The smallest absolute Gasteiger partial charge is 0.156 e. The maximum Gasteiger partial charge on any atom is 0.156 e. The molecule has 0 aliphatic carbocycles. The second-order valence-electron chi connectivity index (χ2n) is 4.58. The second kappa shape index (κ2) is 6.86. The first-order valence-electron chi connectivity index (χ1n) is 5.30. The fourth-order valence-electron chi connectivity index (χ4n) is 0.982. The van der Waals surface area contributed by atoms with Crippen LogP contribution in [0.1, 0.15) is 33.6 Å². The van der Waals surface area contributed by atoms with Crippen molar-refractivity contribution in [3.05, 3.63) is 0 Å². The van der Waals surface area contributed by atoms with Crippen molar-refractivity contribution >= 4 is 25.8 Å². The van der Waals surface area contributed by atoms with Gasteiger partial charge in [-0.2, -0.15) is 0 Å². The number of sulfone groups is 1. The van der Waals surface area contributed by atoms with E-state index < -0.39 is 14.6 Å². The van der Waals surface area contributed by atoms with Gasteiger partial charge in [-0.05, 0) is 40.2 Å². The third-order valence-electron chi connectivity index (χ3n) is 2.22. The molecule has 0 atom stereocenters. The van der Waals surface area contributed by atoms with Crippen LogP contribution in [-0.4, -0.2) is 37.3 Å². The van der Waals surface area contributed by atoms with Crippen molar-refractivity contribution in [2.24, 2.45) is 0 Å². The van der Waals surface area contributed by atoms with E-state index in [0.29, 0.717) is 6.54 Å². The van der Waals surface area contributed by atoms with Crippen LogP contribution in [0.2, 0.25) is 0 Å². The molecule has 0 spiro atoms. The highest BCUT2D eigenvalue weighted by molar-refractivity contribution is 9.09. The van der Waals surface area contributed by atoms with Gasteiger partial charge in [0.1, 0.15) is 0 Å². The van der Waals surface area contributed by atoms with Gasteiger partial charge in [0, 0.05) is 11.9 Å². The Morgan fingerprint density at radius 1 is 1.13 bits per heavy atom. The maximum absolute atomic E-state index is 11.7. The fourth-order valence-corrected chi connectivity index (χ4v) is 2.40. The van der Waals surface area contributed by atoms with Crippen LogP contribution >= 0.6 is 15.9 Å². The zero-order valence-electron chi connectivity index (χ0n) is 9.85. The monoisotopic (exact) mass is 299 g/mol. The van der Waals surface area contributed by atoms with Gasteiger partial charge < -0.3 is 5.32 Å². The predicted molar refractivity (Wildman–Crippen MR) is 69.4 cm³/mol. The first-order chi connectivity index (χ1) is 6.81. The summed E-state index contributed by atoms with van der Waals surface area (Å²) in [6.45, 7) is 6.68. The SMILES string of the molecule is CC(C)(C)S(=O)(=O)CCNCCCCBr. The minimum Gasteiger partial charge on any atom is -0.316 e. The van der Waals surface area contributed by atoms with Crippen molar-refractivity contribution in [3.63, 3.8) is 0 Å². The number of alkyl halides is 1. The Kier molecular flexibility index (Phi) is 7.04. The van der Waals surface area contributed by atoms with E-state index in [0.717, 1.165) is 24.7 Å². The summed E-state index contributed by atoms with van der Waals surface area (Å²) in [6, 6.07) is 0. The lowest BCUT2D eigenvalue weighted by Gasteiger charge is -2.19. The molecule has 0 aromatic heterocycles. The Labute approximate surface area is 102 Å². The molecule has 0 amide bonds. The summed E-state index contributed by atoms with van der Waals surface area (Å²) in [5, 5.41) is 4.16. The fraction of sp³-hybridized carbons (Fsp3) is 1.00. The number of halogens is 1. The Morgan fingerprint density at radius 2 is 1.73 bits per heavy atom. The van der Waals surface area contributed by atoms with Crippen LogP contribution < -0.4 is 5.32 Å². The van der Waals surface area contributed by atoms with Crippen molar-refractivity contribution < 1.29 is 8.42 Å². The summed E-state index contributed by atoms with van der Waals surface area (Å²) in [4.78, 5) is 0. The van der Waals surface area contributed by atoms with E-state index in [-0.39, 0.29) is 5.75 Å². The molecule has 0 unspecified atom stereocenters. The van der Waals surface area contributed by atoms with E-state index in [4.69, 9.17) is 0 Å². The molecular weight excluding hydrogens is 278 g/mol. The van der Waals surface area contributed by atoms with Gasteiger partial charge in [0.2, 0.25) is 0 Å². The standard InChI is InChI=1S/C10H22BrNO2S/c1-10(2,3)15(13,14)9-8-12-7-5-4-6-11/h12H,4-9H2,1-3H3. The van der Waals surface area contributed by atoms with Crippen molar-refractivity contribution in [3.8, 4) is 0 Å². The van der Waals surface area contributed by atoms with Crippen molar-refractivity contribution in [2.45, 2.75) is 38.4 Å². The van der Waals surface area contributed by atoms with Crippen LogP contribution in [0.3, 0.4) is 0 Å². The summed E-state index contributed by atoms with van der Waals surface area (Å²) < 4.78 is 22.8. The zero-order valence-corrected chi connectivity index (χ0v) is 12.2. The molecule has 0 saturated carbocycles. The molecule has 0 aromatic carbocycles. The van der Waals surface area contributed by atoms with Gasteiger partial charge in [0.05, 0.1) is 10.5 Å². The molecular formula is C10H22BrNO2S. The topological polar surface area (TPSA) is 46.2 Å². The lowest BCUT2D eigenvalue weighted by atomic mass is 10.3. The van der Waals surface area contributed by atoms with E-state index in [1.807, 2.05) is 0 Å². The molecule has 0 fully saturated rings. The van der Waals surface area contributed by atoms with Gasteiger partial charge in [-0.15, -0.1) is 0 Å². The van der Waals surface area contributed by atoms with E-state index in [1.54, 1.807) is 20.8 Å². The molecule has 0 heterocycles. The van der Waals surface area contributed by atoms with Gasteiger partial charge >= 0.3 is 0 Å². The molecule has 5 heteroatoms. The van der Waals surface area contributed by atoms with Crippen LogP contribution in [0.5, 0.6) is 0 Å². The van der Waals surface area contributed by atoms with Gasteiger partial charge in [0.25, 0.3) is 0 Å². The Hall–Kier alpha value is 0.390. The summed E-state index contributed by atoms with van der Waals surface area (Å²) >= 11 is 3.35. The van der Waals surface area contributed by atoms with Gasteiger partial charge in [-0.3, -0.25) is 0 Å². The summed E-state index contributed by atoms with van der Waals surface area (Å²) in [5.74, 6) is 0.227. The molecule has 15 heavy (non-hydrogen) atoms. The molecule has 0 rings (SSSR count). The number of hydrogen-bond donors (Lipinski definition) is 1. The zero-order chi connectivity index (χ0) is 11.9. The maximum atomic E-state index is 11.7. The highest BCUT2D eigenvalue weighted by Gasteiger charge is 2.27. The normalized spacial score (nSPS) is 13.1. The molecule has 0 bridgehead atoms. The minimum absolute atomic E-state index is 0.227. The number of hydrogen-bond acceptors (Lipinski definition) is 3.